The summed E-state index contributed by atoms with van der Waals surface area (Å²) in [4.78, 5) is 25.2. The predicted octanol–water partition coefficient (Wildman–Crippen LogP) is 2.66. The minimum atomic E-state index is -0.767. The molecule has 0 unspecified atom stereocenters. The lowest BCUT2D eigenvalue weighted by Crippen LogP contribution is -2.40. The smallest absolute Gasteiger partial charge is 0.306 e. The van der Waals surface area contributed by atoms with Crippen LogP contribution < -0.4 is 4.74 Å². The maximum absolute atomic E-state index is 12.5. The van der Waals surface area contributed by atoms with Crippen LogP contribution >= 0.6 is 0 Å². The van der Waals surface area contributed by atoms with Gasteiger partial charge in [0.2, 0.25) is 0 Å². The van der Waals surface area contributed by atoms with Gasteiger partial charge in [0, 0.05) is 18.7 Å². The summed E-state index contributed by atoms with van der Waals surface area (Å²) in [5.41, 5.74) is 0.593. The molecule has 0 atom stereocenters. The molecular formula is C17H23NO4. The summed E-state index contributed by atoms with van der Waals surface area (Å²) in [5, 5.41) is 9.00. The van der Waals surface area contributed by atoms with Gasteiger partial charge < -0.3 is 14.7 Å². The monoisotopic (exact) mass is 305 g/mol. The van der Waals surface area contributed by atoms with Crippen LogP contribution in [0, 0.1) is 11.8 Å². The molecule has 0 spiro atoms. The fraction of sp³-hybridized carbons (Fsp3) is 0.529. The first-order valence-corrected chi connectivity index (χ1v) is 7.72. The molecule has 1 amide bonds. The number of carbonyl (C=O) groups is 2. The summed E-state index contributed by atoms with van der Waals surface area (Å²) in [7, 11) is 0. The zero-order valence-corrected chi connectivity index (χ0v) is 13.1. The van der Waals surface area contributed by atoms with Crippen molar-refractivity contribution in [2.45, 2.75) is 26.7 Å². The minimum Gasteiger partial charge on any atom is -0.493 e. The maximum Gasteiger partial charge on any atom is 0.306 e. The first-order valence-electron chi connectivity index (χ1n) is 7.72. The number of nitrogens with zero attached hydrogens (tertiary/aromatic N) is 1. The van der Waals surface area contributed by atoms with E-state index in [0.717, 1.165) is 0 Å². The molecule has 5 nitrogen and oxygen atoms in total. The third kappa shape index (κ3) is 4.23. The fourth-order valence-electron chi connectivity index (χ4n) is 2.49. The normalized spacial score (nSPS) is 15.9. The van der Waals surface area contributed by atoms with Crippen LogP contribution in [0.4, 0.5) is 0 Å². The molecule has 1 aliphatic rings. The van der Waals surface area contributed by atoms with Crippen LogP contribution in [-0.4, -0.2) is 41.6 Å². The number of hydrogen-bond acceptors (Lipinski definition) is 3. The maximum atomic E-state index is 12.5. The van der Waals surface area contributed by atoms with Gasteiger partial charge in [-0.05, 0) is 37.0 Å². The second-order valence-corrected chi connectivity index (χ2v) is 6.14. The van der Waals surface area contributed by atoms with Gasteiger partial charge in [-0.1, -0.05) is 19.9 Å². The molecule has 1 fully saturated rings. The average Bonchev–Trinajstić information content (AvgIpc) is 2.52. The number of hydrogen-bond donors (Lipinski definition) is 1. The second-order valence-electron chi connectivity index (χ2n) is 6.14. The molecular weight excluding hydrogens is 282 g/mol. The molecule has 120 valence electrons. The highest BCUT2D eigenvalue weighted by Gasteiger charge is 2.27. The molecule has 2 rings (SSSR count). The quantitative estimate of drug-likeness (QED) is 0.908. The van der Waals surface area contributed by atoms with Crippen molar-refractivity contribution < 1.29 is 19.4 Å². The number of carboxylic acids is 1. The molecule has 1 N–H and O–H groups in total. The fourth-order valence-corrected chi connectivity index (χ4v) is 2.49. The largest absolute Gasteiger partial charge is 0.493 e. The number of amides is 1. The van der Waals surface area contributed by atoms with Crippen molar-refractivity contribution in [1.29, 1.82) is 0 Å². The SMILES string of the molecule is CC(C)COc1cccc(C(=O)N2CCC(C(=O)O)CC2)c1. The van der Waals surface area contributed by atoms with E-state index in [1.807, 2.05) is 12.1 Å². The lowest BCUT2D eigenvalue weighted by Gasteiger charge is -2.30. The lowest BCUT2D eigenvalue weighted by molar-refractivity contribution is -0.143. The van der Waals surface area contributed by atoms with Crippen molar-refractivity contribution >= 4 is 11.9 Å². The summed E-state index contributed by atoms with van der Waals surface area (Å²) in [5.74, 6) is -0.0332. The van der Waals surface area contributed by atoms with Crippen molar-refractivity contribution in [1.82, 2.24) is 4.90 Å². The summed E-state index contributed by atoms with van der Waals surface area (Å²) in [6.07, 6.45) is 1.04. The van der Waals surface area contributed by atoms with E-state index in [0.29, 0.717) is 49.8 Å². The van der Waals surface area contributed by atoms with Crippen LogP contribution in [0.25, 0.3) is 0 Å². The van der Waals surface area contributed by atoms with Gasteiger partial charge in [-0.15, -0.1) is 0 Å². The Morgan fingerprint density at radius 2 is 2.00 bits per heavy atom. The van der Waals surface area contributed by atoms with Gasteiger partial charge in [-0.3, -0.25) is 9.59 Å². The van der Waals surface area contributed by atoms with E-state index in [-0.39, 0.29) is 11.8 Å². The summed E-state index contributed by atoms with van der Waals surface area (Å²) < 4.78 is 5.65. The summed E-state index contributed by atoms with van der Waals surface area (Å²) in [6.45, 7) is 5.74. The number of carbonyl (C=O) groups excluding carboxylic acids is 1. The van der Waals surface area contributed by atoms with E-state index in [1.54, 1.807) is 17.0 Å². The van der Waals surface area contributed by atoms with E-state index in [1.165, 1.54) is 0 Å². The zero-order chi connectivity index (χ0) is 16.1. The van der Waals surface area contributed by atoms with Gasteiger partial charge in [0.1, 0.15) is 5.75 Å². The highest BCUT2D eigenvalue weighted by atomic mass is 16.5. The molecule has 0 aliphatic carbocycles. The standard InChI is InChI=1S/C17H23NO4/c1-12(2)11-22-15-5-3-4-14(10-15)16(19)18-8-6-13(7-9-18)17(20)21/h3-5,10,12-13H,6-9,11H2,1-2H3,(H,20,21). The Balaban J connectivity index is 1.98. The minimum absolute atomic E-state index is 0.0566. The van der Waals surface area contributed by atoms with Gasteiger partial charge in [0.25, 0.3) is 5.91 Å². The molecule has 22 heavy (non-hydrogen) atoms. The number of piperidine rings is 1. The molecule has 5 heteroatoms. The number of ether oxygens (including phenoxy) is 1. The summed E-state index contributed by atoms with van der Waals surface area (Å²) in [6, 6.07) is 7.19. The van der Waals surface area contributed by atoms with Crippen molar-refractivity contribution in [3.63, 3.8) is 0 Å². The third-order valence-electron chi connectivity index (χ3n) is 3.80. The van der Waals surface area contributed by atoms with E-state index in [4.69, 9.17) is 9.84 Å². The van der Waals surface area contributed by atoms with E-state index >= 15 is 0 Å². The first-order chi connectivity index (χ1) is 10.5. The molecule has 0 saturated carbocycles. The number of carboxylic acid groups (broad SMARTS) is 1. The highest BCUT2D eigenvalue weighted by Crippen LogP contribution is 2.21. The van der Waals surface area contributed by atoms with E-state index in [2.05, 4.69) is 13.8 Å². The van der Waals surface area contributed by atoms with Gasteiger partial charge in [0.15, 0.2) is 0 Å². The number of benzene rings is 1. The Bertz CT molecular complexity index is 533. The van der Waals surface area contributed by atoms with Crippen LogP contribution in [0.2, 0.25) is 0 Å². The average molecular weight is 305 g/mol. The van der Waals surface area contributed by atoms with Crippen LogP contribution in [0.1, 0.15) is 37.0 Å². The van der Waals surface area contributed by atoms with Crippen molar-refractivity contribution in [3.8, 4) is 5.75 Å². The van der Waals surface area contributed by atoms with Gasteiger partial charge in [-0.2, -0.15) is 0 Å². The zero-order valence-electron chi connectivity index (χ0n) is 13.1. The Morgan fingerprint density at radius 3 is 2.59 bits per heavy atom. The van der Waals surface area contributed by atoms with Gasteiger partial charge in [0.05, 0.1) is 12.5 Å². The predicted molar refractivity (Wildman–Crippen MR) is 83.0 cm³/mol. The summed E-state index contributed by atoms with van der Waals surface area (Å²) >= 11 is 0. The number of rotatable bonds is 5. The molecule has 1 aromatic rings. The molecule has 1 aromatic carbocycles. The third-order valence-corrected chi connectivity index (χ3v) is 3.80. The van der Waals surface area contributed by atoms with Gasteiger partial charge in [-0.25, -0.2) is 0 Å². The molecule has 1 saturated heterocycles. The van der Waals surface area contributed by atoms with Crippen molar-refractivity contribution in [2.75, 3.05) is 19.7 Å². The molecule has 0 aromatic heterocycles. The molecule has 1 heterocycles. The van der Waals surface area contributed by atoms with Gasteiger partial charge >= 0.3 is 5.97 Å². The number of likely N-dealkylation sites (tertiary alicyclic amines) is 1. The topological polar surface area (TPSA) is 66.8 Å². The lowest BCUT2D eigenvalue weighted by atomic mass is 9.96. The Labute approximate surface area is 130 Å². The first kappa shape index (κ1) is 16.3. The van der Waals surface area contributed by atoms with E-state index in [9.17, 15) is 9.59 Å². The second kappa shape index (κ2) is 7.29. The van der Waals surface area contributed by atoms with Crippen molar-refractivity contribution in [2.24, 2.45) is 11.8 Å². The Kier molecular flexibility index (Phi) is 5.41. The van der Waals surface area contributed by atoms with Crippen LogP contribution in [0.3, 0.4) is 0 Å². The van der Waals surface area contributed by atoms with Crippen molar-refractivity contribution in [3.05, 3.63) is 29.8 Å². The Morgan fingerprint density at radius 1 is 1.32 bits per heavy atom. The Hall–Kier alpha value is -2.04. The van der Waals surface area contributed by atoms with E-state index < -0.39 is 5.97 Å². The highest BCUT2D eigenvalue weighted by molar-refractivity contribution is 5.94. The van der Waals surface area contributed by atoms with Crippen LogP contribution in [-0.2, 0) is 4.79 Å². The molecule has 1 aliphatic heterocycles. The van der Waals surface area contributed by atoms with Crippen LogP contribution in [0.5, 0.6) is 5.75 Å². The number of aliphatic carboxylic acids is 1. The van der Waals surface area contributed by atoms with Crippen LogP contribution in [0.15, 0.2) is 24.3 Å². The molecule has 0 bridgehead atoms. The molecule has 0 radical (unpaired) electrons.